The van der Waals surface area contributed by atoms with Gasteiger partial charge in [-0.05, 0) is 30.2 Å². The summed E-state index contributed by atoms with van der Waals surface area (Å²) in [7, 11) is 0. The lowest BCUT2D eigenvalue weighted by Crippen LogP contribution is -1.74. The Balaban J connectivity index is 2.18. The largest absolute Gasteiger partial charge is 0.508 e. The van der Waals surface area contributed by atoms with Gasteiger partial charge in [-0.3, -0.25) is 0 Å². The predicted molar refractivity (Wildman–Crippen MR) is 68.2 cm³/mol. The Labute approximate surface area is 95.7 Å². The van der Waals surface area contributed by atoms with Gasteiger partial charge in [0, 0.05) is 0 Å². The van der Waals surface area contributed by atoms with E-state index in [-0.39, 0.29) is 0 Å². The van der Waals surface area contributed by atoms with Crippen molar-refractivity contribution in [2.75, 3.05) is 0 Å². The van der Waals surface area contributed by atoms with Crippen molar-refractivity contribution in [3.05, 3.63) is 65.2 Å². The van der Waals surface area contributed by atoms with Gasteiger partial charge >= 0.3 is 0 Å². The summed E-state index contributed by atoms with van der Waals surface area (Å²) in [5.74, 6) is 0.297. The Morgan fingerprint density at radius 3 is 2.25 bits per heavy atom. The first-order chi connectivity index (χ1) is 7.74. The predicted octanol–water partition coefficient (Wildman–Crippen LogP) is 3.87. The molecule has 2 aromatic rings. The van der Waals surface area contributed by atoms with Crippen molar-refractivity contribution in [1.29, 1.82) is 0 Å². The van der Waals surface area contributed by atoms with Gasteiger partial charge in [0.1, 0.15) is 5.75 Å². The van der Waals surface area contributed by atoms with E-state index in [1.165, 1.54) is 5.56 Å². The van der Waals surface area contributed by atoms with Gasteiger partial charge in [-0.15, -0.1) is 0 Å². The summed E-state index contributed by atoms with van der Waals surface area (Å²) in [6.45, 7) is 2.07. The summed E-state index contributed by atoms with van der Waals surface area (Å²) >= 11 is 0. The number of aryl methyl sites for hydroxylation is 1. The fourth-order valence-electron chi connectivity index (χ4n) is 1.50. The maximum absolute atomic E-state index is 9.31. The van der Waals surface area contributed by atoms with E-state index in [9.17, 15) is 5.11 Å². The van der Waals surface area contributed by atoms with E-state index in [4.69, 9.17) is 0 Å². The van der Waals surface area contributed by atoms with Crippen LogP contribution in [0.5, 0.6) is 5.75 Å². The van der Waals surface area contributed by atoms with Crippen LogP contribution in [-0.4, -0.2) is 5.11 Å². The van der Waals surface area contributed by atoms with E-state index < -0.39 is 0 Å². The molecule has 0 aliphatic rings. The van der Waals surface area contributed by atoms with E-state index in [1.807, 2.05) is 24.3 Å². The smallest absolute Gasteiger partial charge is 0.116 e. The highest BCUT2D eigenvalue weighted by atomic mass is 16.3. The van der Waals surface area contributed by atoms with E-state index >= 15 is 0 Å². The first-order valence-corrected chi connectivity index (χ1v) is 5.28. The van der Waals surface area contributed by atoms with Crippen LogP contribution in [-0.2, 0) is 0 Å². The number of aromatic hydroxyl groups is 1. The second-order valence-electron chi connectivity index (χ2n) is 3.84. The molecule has 16 heavy (non-hydrogen) atoms. The zero-order valence-electron chi connectivity index (χ0n) is 9.22. The third kappa shape index (κ3) is 2.74. The molecule has 0 heterocycles. The number of phenolic OH excluding ortho intramolecular Hbond substituents is 1. The molecular weight excluding hydrogens is 196 g/mol. The van der Waals surface area contributed by atoms with Crippen LogP contribution in [0.15, 0.2) is 48.5 Å². The van der Waals surface area contributed by atoms with Crippen molar-refractivity contribution in [3.8, 4) is 5.75 Å². The summed E-state index contributed by atoms with van der Waals surface area (Å²) in [6.07, 6.45) is 4.03. The number of benzene rings is 2. The van der Waals surface area contributed by atoms with Gasteiger partial charge < -0.3 is 5.11 Å². The molecule has 0 bridgehead atoms. The molecule has 0 aromatic heterocycles. The minimum absolute atomic E-state index is 0.297. The molecule has 0 unspecified atom stereocenters. The SMILES string of the molecule is Cc1ccc(/C=C/c2cccc(O)c2)cc1. The lowest BCUT2D eigenvalue weighted by molar-refractivity contribution is 0.475. The molecule has 0 fully saturated rings. The summed E-state index contributed by atoms with van der Waals surface area (Å²) in [6, 6.07) is 15.5. The van der Waals surface area contributed by atoms with Gasteiger partial charge in [0.15, 0.2) is 0 Å². The highest BCUT2D eigenvalue weighted by molar-refractivity contribution is 5.70. The van der Waals surface area contributed by atoms with Gasteiger partial charge in [-0.2, -0.15) is 0 Å². The van der Waals surface area contributed by atoms with Crippen LogP contribution in [0.25, 0.3) is 12.2 Å². The molecule has 1 nitrogen and oxygen atoms in total. The molecule has 2 rings (SSSR count). The Hall–Kier alpha value is -2.02. The fourth-order valence-corrected chi connectivity index (χ4v) is 1.50. The van der Waals surface area contributed by atoms with Crippen molar-refractivity contribution < 1.29 is 5.11 Å². The monoisotopic (exact) mass is 210 g/mol. The summed E-state index contributed by atoms with van der Waals surface area (Å²) in [5, 5.41) is 9.31. The second-order valence-corrected chi connectivity index (χ2v) is 3.84. The van der Waals surface area contributed by atoms with Crippen molar-refractivity contribution in [3.63, 3.8) is 0 Å². The standard InChI is InChI=1S/C15H14O/c1-12-5-7-13(8-6-12)9-10-14-3-2-4-15(16)11-14/h2-11,16H,1H3/b10-9+. The van der Waals surface area contributed by atoms with E-state index in [1.54, 1.807) is 12.1 Å². The zero-order chi connectivity index (χ0) is 11.4. The van der Waals surface area contributed by atoms with Crippen LogP contribution in [0.3, 0.4) is 0 Å². The van der Waals surface area contributed by atoms with E-state index in [0.29, 0.717) is 5.75 Å². The molecule has 1 N–H and O–H groups in total. The lowest BCUT2D eigenvalue weighted by atomic mass is 10.1. The maximum Gasteiger partial charge on any atom is 0.116 e. The molecule has 0 amide bonds. The normalized spacial score (nSPS) is 10.8. The highest BCUT2D eigenvalue weighted by Gasteiger charge is 1.90. The van der Waals surface area contributed by atoms with Crippen molar-refractivity contribution in [2.24, 2.45) is 0 Å². The lowest BCUT2D eigenvalue weighted by Gasteiger charge is -1.96. The molecule has 0 saturated heterocycles. The van der Waals surface area contributed by atoms with Crippen LogP contribution >= 0.6 is 0 Å². The van der Waals surface area contributed by atoms with Gasteiger partial charge in [0.2, 0.25) is 0 Å². The van der Waals surface area contributed by atoms with E-state index in [0.717, 1.165) is 11.1 Å². The Morgan fingerprint density at radius 1 is 0.875 bits per heavy atom. The number of phenols is 1. The Kier molecular flexibility index (Phi) is 3.06. The topological polar surface area (TPSA) is 20.2 Å². The average Bonchev–Trinajstić information content (AvgIpc) is 2.28. The van der Waals surface area contributed by atoms with Crippen LogP contribution in [0, 0.1) is 6.92 Å². The van der Waals surface area contributed by atoms with Crippen molar-refractivity contribution in [2.45, 2.75) is 6.92 Å². The summed E-state index contributed by atoms with van der Waals surface area (Å²) in [4.78, 5) is 0. The molecule has 2 aromatic carbocycles. The highest BCUT2D eigenvalue weighted by Crippen LogP contribution is 2.14. The number of rotatable bonds is 2. The first-order valence-electron chi connectivity index (χ1n) is 5.28. The average molecular weight is 210 g/mol. The third-order valence-corrected chi connectivity index (χ3v) is 2.42. The van der Waals surface area contributed by atoms with Crippen molar-refractivity contribution >= 4 is 12.2 Å². The molecule has 0 saturated carbocycles. The fraction of sp³-hybridized carbons (Fsp3) is 0.0667. The number of hydrogen-bond acceptors (Lipinski definition) is 1. The van der Waals surface area contributed by atoms with Crippen LogP contribution in [0.2, 0.25) is 0 Å². The molecule has 0 aliphatic carbocycles. The molecule has 0 radical (unpaired) electrons. The first kappa shape index (κ1) is 10.5. The maximum atomic E-state index is 9.31. The Bertz CT molecular complexity index is 495. The quantitative estimate of drug-likeness (QED) is 0.746. The molecule has 1 heteroatoms. The minimum atomic E-state index is 0.297. The molecule has 0 atom stereocenters. The molecule has 80 valence electrons. The molecule has 0 aliphatic heterocycles. The van der Waals surface area contributed by atoms with Crippen molar-refractivity contribution in [1.82, 2.24) is 0 Å². The van der Waals surface area contributed by atoms with Gasteiger partial charge in [0.05, 0.1) is 0 Å². The van der Waals surface area contributed by atoms with Crippen LogP contribution in [0.1, 0.15) is 16.7 Å². The molecule has 0 spiro atoms. The summed E-state index contributed by atoms with van der Waals surface area (Å²) < 4.78 is 0. The van der Waals surface area contributed by atoms with Gasteiger partial charge in [0.25, 0.3) is 0 Å². The van der Waals surface area contributed by atoms with Crippen LogP contribution < -0.4 is 0 Å². The molecular formula is C15H14O. The van der Waals surface area contributed by atoms with E-state index in [2.05, 4.69) is 31.2 Å². The zero-order valence-corrected chi connectivity index (χ0v) is 9.22. The Morgan fingerprint density at radius 2 is 1.56 bits per heavy atom. The van der Waals surface area contributed by atoms with Crippen LogP contribution in [0.4, 0.5) is 0 Å². The van der Waals surface area contributed by atoms with Gasteiger partial charge in [-0.25, -0.2) is 0 Å². The number of hydrogen-bond donors (Lipinski definition) is 1. The minimum Gasteiger partial charge on any atom is -0.508 e. The van der Waals surface area contributed by atoms with Gasteiger partial charge in [-0.1, -0.05) is 54.1 Å². The summed E-state index contributed by atoms with van der Waals surface area (Å²) in [5.41, 5.74) is 3.42. The second kappa shape index (κ2) is 4.67. The third-order valence-electron chi connectivity index (χ3n) is 2.42.